The Balaban J connectivity index is 1.65. The van der Waals surface area contributed by atoms with E-state index in [9.17, 15) is 14.4 Å². The molecule has 2 N–H and O–H groups in total. The summed E-state index contributed by atoms with van der Waals surface area (Å²) >= 11 is 0. The van der Waals surface area contributed by atoms with Gasteiger partial charge in [-0.3, -0.25) is 14.4 Å². The summed E-state index contributed by atoms with van der Waals surface area (Å²) in [6.07, 6.45) is 1.27. The van der Waals surface area contributed by atoms with Crippen LogP contribution in [0.3, 0.4) is 0 Å². The summed E-state index contributed by atoms with van der Waals surface area (Å²) in [5.74, 6) is -0.944. The lowest BCUT2D eigenvalue weighted by Crippen LogP contribution is -2.35. The van der Waals surface area contributed by atoms with Gasteiger partial charge in [0.15, 0.2) is 0 Å². The van der Waals surface area contributed by atoms with Crippen molar-refractivity contribution in [3.8, 4) is 5.75 Å². The van der Waals surface area contributed by atoms with Crippen molar-refractivity contribution in [3.63, 3.8) is 0 Å². The van der Waals surface area contributed by atoms with Gasteiger partial charge in [0, 0.05) is 25.2 Å². The Bertz CT molecular complexity index is 893. The molecule has 1 heterocycles. The van der Waals surface area contributed by atoms with Crippen LogP contribution in [0.5, 0.6) is 5.75 Å². The predicted molar refractivity (Wildman–Crippen MR) is 106 cm³/mol. The van der Waals surface area contributed by atoms with E-state index >= 15 is 0 Å². The molecule has 1 fully saturated rings. The van der Waals surface area contributed by atoms with E-state index in [1.807, 2.05) is 31.2 Å². The van der Waals surface area contributed by atoms with Gasteiger partial charge in [0.05, 0.1) is 12.8 Å². The number of carbonyl (C=O) groups excluding carboxylic acids is 3. The number of amides is 3. The van der Waals surface area contributed by atoms with E-state index in [0.717, 1.165) is 17.5 Å². The molecule has 2 aromatic rings. The Hall–Kier alpha value is -3.35. The molecule has 2 aromatic carbocycles. The van der Waals surface area contributed by atoms with Crippen LogP contribution in [0.1, 0.15) is 24.0 Å². The normalized spacial score (nSPS) is 13.4. The number of nitrogens with one attached hydrogen (secondary N) is 2. The molecular formula is C21H23N3O4. The Morgan fingerprint density at radius 1 is 1.11 bits per heavy atom. The standard InChI is InChI=1S/C21H23N3O4/c1-14-5-7-15(8-6-14)13-22-20(26)21(27)23-16-9-10-18(28-2)17(12-16)24-11-3-4-19(24)25/h5-10,12H,3-4,11,13H2,1-2H3,(H,22,26)(H,23,27). The van der Waals surface area contributed by atoms with E-state index in [4.69, 9.17) is 4.74 Å². The average Bonchev–Trinajstić information content (AvgIpc) is 3.13. The molecule has 0 radical (unpaired) electrons. The van der Waals surface area contributed by atoms with E-state index in [-0.39, 0.29) is 12.5 Å². The molecule has 7 heteroatoms. The highest BCUT2D eigenvalue weighted by atomic mass is 16.5. The van der Waals surface area contributed by atoms with Crippen LogP contribution in [0.25, 0.3) is 0 Å². The highest BCUT2D eigenvalue weighted by Crippen LogP contribution is 2.33. The van der Waals surface area contributed by atoms with Crippen molar-refractivity contribution in [2.75, 3.05) is 23.9 Å². The molecule has 0 spiro atoms. The zero-order chi connectivity index (χ0) is 20.1. The van der Waals surface area contributed by atoms with E-state index in [1.54, 1.807) is 23.1 Å². The lowest BCUT2D eigenvalue weighted by molar-refractivity contribution is -0.136. The van der Waals surface area contributed by atoms with Crippen LogP contribution in [0.4, 0.5) is 11.4 Å². The summed E-state index contributed by atoms with van der Waals surface area (Å²) in [5, 5.41) is 5.17. The topological polar surface area (TPSA) is 87.7 Å². The molecule has 0 atom stereocenters. The first-order valence-corrected chi connectivity index (χ1v) is 9.11. The molecular weight excluding hydrogens is 358 g/mol. The van der Waals surface area contributed by atoms with E-state index in [2.05, 4.69) is 10.6 Å². The van der Waals surface area contributed by atoms with Crippen molar-refractivity contribution in [2.45, 2.75) is 26.3 Å². The Labute approximate surface area is 163 Å². The summed E-state index contributed by atoms with van der Waals surface area (Å²) < 4.78 is 5.32. The number of hydrogen-bond acceptors (Lipinski definition) is 4. The molecule has 0 aromatic heterocycles. The maximum Gasteiger partial charge on any atom is 0.313 e. The van der Waals surface area contributed by atoms with E-state index < -0.39 is 11.8 Å². The number of rotatable bonds is 5. The molecule has 3 rings (SSSR count). The molecule has 146 valence electrons. The Kier molecular flexibility index (Phi) is 5.93. The van der Waals surface area contributed by atoms with Gasteiger partial charge in [-0.2, -0.15) is 0 Å². The van der Waals surface area contributed by atoms with Gasteiger partial charge in [0.1, 0.15) is 5.75 Å². The zero-order valence-corrected chi connectivity index (χ0v) is 16.0. The molecule has 3 amide bonds. The first-order valence-electron chi connectivity index (χ1n) is 9.11. The van der Waals surface area contributed by atoms with Crippen molar-refractivity contribution < 1.29 is 19.1 Å². The second-order valence-corrected chi connectivity index (χ2v) is 6.66. The molecule has 28 heavy (non-hydrogen) atoms. The van der Waals surface area contributed by atoms with Crippen LogP contribution in [-0.2, 0) is 20.9 Å². The summed E-state index contributed by atoms with van der Waals surface area (Å²) in [5.41, 5.74) is 3.04. The Morgan fingerprint density at radius 3 is 2.50 bits per heavy atom. The van der Waals surface area contributed by atoms with Gasteiger partial charge in [-0.1, -0.05) is 29.8 Å². The summed E-state index contributed by atoms with van der Waals surface area (Å²) in [4.78, 5) is 38.0. The number of methoxy groups -OCH3 is 1. The van der Waals surface area contributed by atoms with Gasteiger partial charge in [0.25, 0.3) is 0 Å². The van der Waals surface area contributed by atoms with Crippen LogP contribution in [0, 0.1) is 6.92 Å². The second-order valence-electron chi connectivity index (χ2n) is 6.66. The molecule has 1 saturated heterocycles. The van der Waals surface area contributed by atoms with Gasteiger partial charge in [0.2, 0.25) is 5.91 Å². The van der Waals surface area contributed by atoms with Crippen molar-refractivity contribution in [2.24, 2.45) is 0 Å². The third-order valence-corrected chi connectivity index (χ3v) is 4.58. The van der Waals surface area contributed by atoms with Crippen molar-refractivity contribution in [1.82, 2.24) is 5.32 Å². The number of nitrogens with zero attached hydrogens (tertiary/aromatic N) is 1. The highest BCUT2D eigenvalue weighted by molar-refractivity contribution is 6.39. The first-order chi connectivity index (χ1) is 13.5. The SMILES string of the molecule is COc1ccc(NC(=O)C(=O)NCc2ccc(C)cc2)cc1N1CCCC1=O. The maximum absolute atomic E-state index is 12.2. The maximum atomic E-state index is 12.2. The van der Waals surface area contributed by atoms with Crippen LogP contribution in [-0.4, -0.2) is 31.4 Å². The summed E-state index contributed by atoms with van der Waals surface area (Å²) in [6, 6.07) is 12.6. The van der Waals surface area contributed by atoms with Crippen molar-refractivity contribution in [3.05, 3.63) is 53.6 Å². The number of benzene rings is 2. The average molecular weight is 381 g/mol. The lowest BCUT2D eigenvalue weighted by Gasteiger charge is -2.20. The van der Waals surface area contributed by atoms with Crippen molar-refractivity contribution in [1.29, 1.82) is 0 Å². The number of carbonyl (C=O) groups is 3. The largest absolute Gasteiger partial charge is 0.495 e. The fraction of sp³-hybridized carbons (Fsp3) is 0.286. The molecule has 0 aliphatic carbocycles. The minimum Gasteiger partial charge on any atom is -0.495 e. The summed E-state index contributed by atoms with van der Waals surface area (Å²) in [7, 11) is 1.52. The zero-order valence-electron chi connectivity index (χ0n) is 16.0. The Morgan fingerprint density at radius 2 is 1.86 bits per heavy atom. The highest BCUT2D eigenvalue weighted by Gasteiger charge is 2.25. The number of aryl methyl sites for hydroxylation is 1. The number of hydrogen-bond donors (Lipinski definition) is 2. The molecule has 0 bridgehead atoms. The predicted octanol–water partition coefficient (Wildman–Crippen LogP) is 2.39. The molecule has 0 saturated carbocycles. The molecule has 1 aliphatic heterocycles. The fourth-order valence-electron chi connectivity index (χ4n) is 3.04. The fourth-order valence-corrected chi connectivity index (χ4v) is 3.04. The third-order valence-electron chi connectivity index (χ3n) is 4.58. The van der Waals surface area contributed by atoms with Crippen LogP contribution < -0.4 is 20.3 Å². The smallest absolute Gasteiger partial charge is 0.313 e. The number of anilines is 2. The van der Waals surface area contributed by atoms with Gasteiger partial charge < -0.3 is 20.3 Å². The third kappa shape index (κ3) is 4.49. The van der Waals surface area contributed by atoms with Gasteiger partial charge in [-0.15, -0.1) is 0 Å². The monoisotopic (exact) mass is 381 g/mol. The quantitative estimate of drug-likeness (QED) is 0.779. The van der Waals surface area contributed by atoms with Crippen molar-refractivity contribution >= 4 is 29.1 Å². The lowest BCUT2D eigenvalue weighted by atomic mass is 10.1. The van der Waals surface area contributed by atoms with Gasteiger partial charge >= 0.3 is 11.8 Å². The summed E-state index contributed by atoms with van der Waals surface area (Å²) in [6.45, 7) is 2.85. The van der Waals surface area contributed by atoms with Gasteiger partial charge in [-0.25, -0.2) is 0 Å². The number of ether oxygens (including phenoxy) is 1. The van der Waals surface area contributed by atoms with Crippen LogP contribution in [0.15, 0.2) is 42.5 Å². The molecule has 7 nitrogen and oxygen atoms in total. The van der Waals surface area contributed by atoms with E-state index in [1.165, 1.54) is 7.11 Å². The minimum atomic E-state index is -0.768. The first kappa shape index (κ1) is 19.4. The van der Waals surface area contributed by atoms with Crippen LogP contribution in [0.2, 0.25) is 0 Å². The van der Waals surface area contributed by atoms with Crippen LogP contribution >= 0.6 is 0 Å². The van der Waals surface area contributed by atoms with Gasteiger partial charge in [-0.05, 0) is 37.1 Å². The molecule has 1 aliphatic rings. The minimum absolute atomic E-state index is 0.0117. The molecule has 0 unspecified atom stereocenters. The van der Waals surface area contributed by atoms with E-state index in [0.29, 0.717) is 30.1 Å². The second kappa shape index (κ2) is 8.56.